The highest BCUT2D eigenvalue weighted by Gasteiger charge is 2.01. The fraction of sp³-hybridized carbons (Fsp3) is 0.267. The van der Waals surface area contributed by atoms with E-state index in [4.69, 9.17) is 0 Å². The van der Waals surface area contributed by atoms with Crippen molar-refractivity contribution in [1.29, 1.82) is 0 Å². The van der Waals surface area contributed by atoms with Gasteiger partial charge in [0, 0.05) is 13.0 Å². The van der Waals surface area contributed by atoms with Crippen LogP contribution in [0.4, 0.5) is 0 Å². The minimum atomic E-state index is 0.133. The highest BCUT2D eigenvalue weighted by atomic mass is 32.1. The largest absolute Gasteiger partial charge is 0.356 e. The molecule has 0 saturated heterocycles. The van der Waals surface area contributed by atoms with E-state index in [0.29, 0.717) is 6.42 Å². The smallest absolute Gasteiger partial charge is 0.220 e. The molecule has 0 aliphatic carbocycles. The van der Waals surface area contributed by atoms with Crippen molar-refractivity contribution in [1.82, 2.24) is 5.32 Å². The number of hydrogen-bond acceptors (Lipinski definition) is 2. The molecule has 0 bridgehead atoms. The summed E-state index contributed by atoms with van der Waals surface area (Å²) >= 11 is 1.69. The van der Waals surface area contributed by atoms with E-state index in [1.807, 2.05) is 18.2 Å². The van der Waals surface area contributed by atoms with Crippen molar-refractivity contribution >= 4 is 17.2 Å². The van der Waals surface area contributed by atoms with Crippen molar-refractivity contribution in [2.75, 3.05) is 6.54 Å². The number of carbonyl (C=O) groups is 1. The zero-order chi connectivity index (χ0) is 12.6. The first-order valence-corrected chi connectivity index (χ1v) is 7.10. The van der Waals surface area contributed by atoms with Gasteiger partial charge in [0.1, 0.15) is 0 Å². The third kappa shape index (κ3) is 4.34. The molecular formula is C15H17NOS. The Morgan fingerprint density at radius 3 is 2.61 bits per heavy atom. The fourth-order valence-corrected chi connectivity index (χ4v) is 2.48. The van der Waals surface area contributed by atoms with Gasteiger partial charge in [-0.15, -0.1) is 0 Å². The first-order chi connectivity index (χ1) is 8.84. The van der Waals surface area contributed by atoms with Crippen LogP contribution in [0.1, 0.15) is 17.5 Å². The monoisotopic (exact) mass is 259 g/mol. The average Bonchev–Trinajstić information content (AvgIpc) is 2.91. The SMILES string of the molecule is O=C(CCc1ccccc1)NCCc1ccsc1. The summed E-state index contributed by atoms with van der Waals surface area (Å²) in [4.78, 5) is 11.6. The molecule has 0 radical (unpaired) electrons. The topological polar surface area (TPSA) is 29.1 Å². The minimum absolute atomic E-state index is 0.133. The number of amides is 1. The number of hydrogen-bond donors (Lipinski definition) is 1. The van der Waals surface area contributed by atoms with E-state index in [1.54, 1.807) is 11.3 Å². The van der Waals surface area contributed by atoms with Crippen LogP contribution in [0.5, 0.6) is 0 Å². The second-order valence-corrected chi connectivity index (χ2v) is 5.00. The van der Waals surface area contributed by atoms with Crippen LogP contribution in [-0.4, -0.2) is 12.5 Å². The Balaban J connectivity index is 1.63. The predicted molar refractivity (Wildman–Crippen MR) is 75.8 cm³/mol. The molecule has 0 spiro atoms. The lowest BCUT2D eigenvalue weighted by molar-refractivity contribution is -0.121. The van der Waals surface area contributed by atoms with E-state index in [0.717, 1.165) is 19.4 Å². The zero-order valence-corrected chi connectivity index (χ0v) is 11.1. The third-order valence-electron chi connectivity index (χ3n) is 2.80. The molecule has 2 aromatic rings. The lowest BCUT2D eigenvalue weighted by Crippen LogP contribution is -2.25. The van der Waals surface area contributed by atoms with Gasteiger partial charge in [-0.1, -0.05) is 30.3 Å². The predicted octanol–water partition coefficient (Wildman–Crippen LogP) is 3.04. The van der Waals surface area contributed by atoms with Gasteiger partial charge in [-0.2, -0.15) is 11.3 Å². The van der Waals surface area contributed by atoms with Crippen molar-refractivity contribution in [3.8, 4) is 0 Å². The van der Waals surface area contributed by atoms with Crippen molar-refractivity contribution in [2.24, 2.45) is 0 Å². The molecule has 3 heteroatoms. The summed E-state index contributed by atoms with van der Waals surface area (Å²) in [7, 11) is 0. The lowest BCUT2D eigenvalue weighted by atomic mass is 10.1. The maximum absolute atomic E-state index is 11.6. The first-order valence-electron chi connectivity index (χ1n) is 6.16. The summed E-state index contributed by atoms with van der Waals surface area (Å²) < 4.78 is 0. The van der Waals surface area contributed by atoms with Crippen LogP contribution in [-0.2, 0) is 17.6 Å². The van der Waals surface area contributed by atoms with Gasteiger partial charge in [0.15, 0.2) is 0 Å². The molecule has 0 fully saturated rings. The standard InChI is InChI=1S/C15H17NOS/c17-15(7-6-13-4-2-1-3-5-13)16-10-8-14-9-11-18-12-14/h1-5,9,11-12H,6-8,10H2,(H,16,17). The van der Waals surface area contributed by atoms with Crippen LogP contribution in [0.25, 0.3) is 0 Å². The van der Waals surface area contributed by atoms with Crippen molar-refractivity contribution in [3.05, 3.63) is 58.3 Å². The van der Waals surface area contributed by atoms with Gasteiger partial charge in [-0.05, 0) is 40.8 Å². The lowest BCUT2D eigenvalue weighted by Gasteiger charge is -2.04. The van der Waals surface area contributed by atoms with Crippen LogP contribution in [0, 0.1) is 0 Å². The Morgan fingerprint density at radius 1 is 1.06 bits per heavy atom. The Kier molecular flexibility index (Phi) is 4.97. The summed E-state index contributed by atoms with van der Waals surface area (Å²) in [5, 5.41) is 7.14. The number of rotatable bonds is 6. The van der Waals surface area contributed by atoms with E-state index >= 15 is 0 Å². The fourth-order valence-electron chi connectivity index (χ4n) is 1.77. The summed E-state index contributed by atoms with van der Waals surface area (Å²) in [5.74, 6) is 0.133. The van der Waals surface area contributed by atoms with Gasteiger partial charge in [-0.3, -0.25) is 4.79 Å². The first kappa shape index (κ1) is 12.8. The molecule has 2 nitrogen and oxygen atoms in total. The molecule has 94 valence electrons. The molecule has 0 unspecified atom stereocenters. The number of nitrogens with one attached hydrogen (secondary N) is 1. The summed E-state index contributed by atoms with van der Waals surface area (Å²) in [6.07, 6.45) is 2.29. The van der Waals surface area contributed by atoms with Crippen molar-refractivity contribution in [2.45, 2.75) is 19.3 Å². The molecule has 1 N–H and O–H groups in total. The summed E-state index contributed by atoms with van der Waals surface area (Å²) in [5.41, 5.74) is 2.51. The van der Waals surface area contributed by atoms with Crippen LogP contribution in [0.3, 0.4) is 0 Å². The second kappa shape index (κ2) is 6.97. The van der Waals surface area contributed by atoms with Crippen molar-refractivity contribution in [3.63, 3.8) is 0 Å². The molecule has 1 aromatic heterocycles. The van der Waals surface area contributed by atoms with Gasteiger partial charge in [0.25, 0.3) is 0 Å². The Hall–Kier alpha value is -1.61. The number of aryl methyl sites for hydroxylation is 1. The van der Waals surface area contributed by atoms with Gasteiger partial charge in [0.2, 0.25) is 5.91 Å². The van der Waals surface area contributed by atoms with E-state index in [9.17, 15) is 4.79 Å². The summed E-state index contributed by atoms with van der Waals surface area (Å²) in [6.45, 7) is 0.727. The molecule has 1 aromatic carbocycles. The van der Waals surface area contributed by atoms with Gasteiger partial charge in [-0.25, -0.2) is 0 Å². The van der Waals surface area contributed by atoms with Crippen LogP contribution in [0.2, 0.25) is 0 Å². The highest BCUT2D eigenvalue weighted by Crippen LogP contribution is 2.06. The Morgan fingerprint density at radius 2 is 1.89 bits per heavy atom. The van der Waals surface area contributed by atoms with E-state index in [-0.39, 0.29) is 5.91 Å². The van der Waals surface area contributed by atoms with Crippen molar-refractivity contribution < 1.29 is 4.79 Å². The third-order valence-corrected chi connectivity index (χ3v) is 3.53. The molecule has 2 rings (SSSR count). The zero-order valence-electron chi connectivity index (χ0n) is 10.3. The summed E-state index contributed by atoms with van der Waals surface area (Å²) in [6, 6.07) is 12.2. The van der Waals surface area contributed by atoms with Gasteiger partial charge in [0.05, 0.1) is 0 Å². The molecular weight excluding hydrogens is 242 g/mol. The molecule has 18 heavy (non-hydrogen) atoms. The highest BCUT2D eigenvalue weighted by molar-refractivity contribution is 7.07. The Labute approximate surface area is 112 Å². The van der Waals surface area contributed by atoms with E-state index in [1.165, 1.54) is 11.1 Å². The number of benzene rings is 1. The van der Waals surface area contributed by atoms with Gasteiger partial charge >= 0.3 is 0 Å². The molecule has 1 heterocycles. The van der Waals surface area contributed by atoms with Crippen LogP contribution >= 0.6 is 11.3 Å². The number of carbonyl (C=O) groups excluding carboxylic acids is 1. The molecule has 0 atom stereocenters. The normalized spacial score (nSPS) is 10.2. The minimum Gasteiger partial charge on any atom is -0.356 e. The molecule has 0 saturated carbocycles. The number of thiophene rings is 1. The van der Waals surface area contributed by atoms with Crippen LogP contribution in [0.15, 0.2) is 47.2 Å². The quantitative estimate of drug-likeness (QED) is 0.849. The molecule has 1 amide bonds. The van der Waals surface area contributed by atoms with E-state index in [2.05, 4.69) is 34.3 Å². The second-order valence-electron chi connectivity index (χ2n) is 4.22. The average molecular weight is 259 g/mol. The Bertz CT molecular complexity index is 465. The maximum atomic E-state index is 11.6. The maximum Gasteiger partial charge on any atom is 0.220 e. The molecule has 0 aliphatic heterocycles. The molecule has 0 aliphatic rings. The van der Waals surface area contributed by atoms with Crippen LogP contribution < -0.4 is 5.32 Å². The van der Waals surface area contributed by atoms with E-state index < -0.39 is 0 Å². The van der Waals surface area contributed by atoms with Gasteiger partial charge < -0.3 is 5.32 Å².